The van der Waals surface area contributed by atoms with Crippen molar-refractivity contribution in [1.29, 1.82) is 0 Å². The maximum atomic E-state index is 12.4. The van der Waals surface area contributed by atoms with Crippen LogP contribution in [0.2, 0.25) is 0 Å². The number of ether oxygens (including phenoxy) is 1. The van der Waals surface area contributed by atoms with Gasteiger partial charge in [0.05, 0.1) is 6.54 Å². The van der Waals surface area contributed by atoms with Crippen molar-refractivity contribution in [3.05, 3.63) is 0 Å². The van der Waals surface area contributed by atoms with Crippen LogP contribution in [-0.2, 0) is 14.3 Å². The number of hydrogen-bond acceptors (Lipinski definition) is 4. The average Bonchev–Trinajstić information content (AvgIpc) is 2.84. The van der Waals surface area contributed by atoms with Gasteiger partial charge in [-0.15, -0.1) is 0 Å². The number of nitrogens with zero attached hydrogens (tertiary/aromatic N) is 2. The minimum absolute atomic E-state index is 0.0198. The molecule has 0 aliphatic carbocycles. The summed E-state index contributed by atoms with van der Waals surface area (Å²) < 4.78 is 5.32. The van der Waals surface area contributed by atoms with Gasteiger partial charge in [0.25, 0.3) is 0 Å². The lowest BCUT2D eigenvalue weighted by molar-refractivity contribution is -0.138. The van der Waals surface area contributed by atoms with Crippen LogP contribution in [0.5, 0.6) is 0 Å². The maximum absolute atomic E-state index is 12.4. The van der Waals surface area contributed by atoms with Gasteiger partial charge in [0.2, 0.25) is 11.8 Å². The van der Waals surface area contributed by atoms with Crippen LogP contribution in [0.3, 0.4) is 0 Å². The summed E-state index contributed by atoms with van der Waals surface area (Å²) in [5, 5.41) is 2.47. The molecular weight excluding hydrogens is 274 g/mol. The molecule has 1 rings (SSSR count). The molecule has 1 fully saturated rings. The van der Waals surface area contributed by atoms with Gasteiger partial charge in [-0.1, -0.05) is 0 Å². The fourth-order valence-corrected chi connectivity index (χ4v) is 2.19. The van der Waals surface area contributed by atoms with Crippen molar-refractivity contribution >= 4 is 17.9 Å². The molecule has 0 spiro atoms. The molecule has 1 aliphatic rings. The number of likely N-dealkylation sites (tertiary alicyclic amines) is 1. The molecule has 21 heavy (non-hydrogen) atoms. The zero-order chi connectivity index (χ0) is 16.2. The van der Waals surface area contributed by atoms with Crippen LogP contribution in [0.1, 0.15) is 33.6 Å². The number of hydrogen-bond donors (Lipinski definition) is 1. The molecule has 1 heterocycles. The second-order valence-corrected chi connectivity index (χ2v) is 6.20. The third-order valence-electron chi connectivity index (χ3n) is 3.20. The molecule has 0 aromatic rings. The molecule has 0 aromatic carbocycles. The molecule has 1 unspecified atom stereocenters. The van der Waals surface area contributed by atoms with E-state index in [4.69, 9.17) is 4.74 Å². The average molecular weight is 299 g/mol. The van der Waals surface area contributed by atoms with E-state index >= 15 is 0 Å². The number of rotatable bonds is 3. The predicted molar refractivity (Wildman–Crippen MR) is 77.7 cm³/mol. The monoisotopic (exact) mass is 299 g/mol. The van der Waals surface area contributed by atoms with Gasteiger partial charge < -0.3 is 15.0 Å². The highest BCUT2D eigenvalue weighted by Gasteiger charge is 2.38. The number of nitrogens with one attached hydrogen (secondary N) is 1. The van der Waals surface area contributed by atoms with E-state index in [2.05, 4.69) is 5.32 Å². The van der Waals surface area contributed by atoms with E-state index in [1.807, 2.05) is 0 Å². The van der Waals surface area contributed by atoms with Crippen LogP contribution < -0.4 is 5.32 Å². The number of likely N-dealkylation sites (N-methyl/N-ethyl adjacent to an activating group) is 2. The Morgan fingerprint density at radius 3 is 2.48 bits per heavy atom. The van der Waals surface area contributed by atoms with E-state index in [0.29, 0.717) is 13.0 Å². The van der Waals surface area contributed by atoms with Crippen LogP contribution in [0.4, 0.5) is 4.79 Å². The summed E-state index contributed by atoms with van der Waals surface area (Å²) in [6.07, 6.45) is 0.867. The van der Waals surface area contributed by atoms with Crippen molar-refractivity contribution in [1.82, 2.24) is 15.1 Å². The number of carbonyl (C=O) groups excluding carboxylic acids is 3. The second kappa shape index (κ2) is 6.78. The summed E-state index contributed by atoms with van der Waals surface area (Å²) in [5.74, 6) is -0.477. The van der Waals surface area contributed by atoms with E-state index < -0.39 is 17.7 Å². The predicted octanol–water partition coefficient (Wildman–Crippen LogP) is 0.590. The van der Waals surface area contributed by atoms with Gasteiger partial charge >= 0.3 is 6.09 Å². The third kappa shape index (κ3) is 4.91. The van der Waals surface area contributed by atoms with Gasteiger partial charge in [-0.2, -0.15) is 0 Å². The van der Waals surface area contributed by atoms with Crippen molar-refractivity contribution in [2.45, 2.75) is 45.3 Å². The molecule has 1 aliphatic heterocycles. The second-order valence-electron chi connectivity index (χ2n) is 6.20. The van der Waals surface area contributed by atoms with E-state index in [-0.39, 0.29) is 18.4 Å². The highest BCUT2D eigenvalue weighted by atomic mass is 16.6. The molecule has 1 N–H and O–H groups in total. The molecule has 0 aromatic heterocycles. The molecule has 7 nitrogen and oxygen atoms in total. The van der Waals surface area contributed by atoms with Crippen molar-refractivity contribution < 1.29 is 19.1 Å². The standard InChI is InChI=1S/C14H25N3O4/c1-14(2,3)21-13(20)17-8-6-7-10(17)12(19)16(5)9-11(18)15-4/h10H,6-9H2,1-5H3,(H,15,18). The first-order chi connectivity index (χ1) is 9.65. The Morgan fingerprint density at radius 1 is 1.33 bits per heavy atom. The van der Waals surface area contributed by atoms with Gasteiger partial charge in [-0.25, -0.2) is 4.79 Å². The summed E-state index contributed by atoms with van der Waals surface area (Å²) in [6.45, 7) is 5.84. The van der Waals surface area contributed by atoms with Gasteiger partial charge in [0.1, 0.15) is 11.6 Å². The number of carbonyl (C=O) groups is 3. The molecule has 0 radical (unpaired) electrons. The van der Waals surface area contributed by atoms with E-state index in [0.717, 1.165) is 6.42 Å². The zero-order valence-corrected chi connectivity index (χ0v) is 13.4. The lowest BCUT2D eigenvalue weighted by Crippen LogP contribution is -2.49. The van der Waals surface area contributed by atoms with Gasteiger partial charge in [0.15, 0.2) is 0 Å². The normalized spacial score (nSPS) is 18.3. The van der Waals surface area contributed by atoms with Crippen LogP contribution in [-0.4, -0.2) is 66.5 Å². The summed E-state index contributed by atoms with van der Waals surface area (Å²) in [7, 11) is 3.08. The van der Waals surface area contributed by atoms with Gasteiger partial charge in [-0.05, 0) is 33.6 Å². The Kier molecular flexibility index (Phi) is 5.57. The lowest BCUT2D eigenvalue weighted by atomic mass is 10.2. The molecule has 1 saturated heterocycles. The molecule has 7 heteroatoms. The lowest BCUT2D eigenvalue weighted by Gasteiger charge is -2.30. The Hall–Kier alpha value is -1.79. The zero-order valence-electron chi connectivity index (χ0n) is 13.4. The first-order valence-electron chi connectivity index (χ1n) is 7.11. The van der Waals surface area contributed by atoms with Crippen LogP contribution in [0.25, 0.3) is 0 Å². The van der Waals surface area contributed by atoms with Gasteiger partial charge in [-0.3, -0.25) is 14.5 Å². The first kappa shape index (κ1) is 17.3. The molecule has 0 bridgehead atoms. The Balaban J connectivity index is 2.70. The van der Waals surface area contributed by atoms with E-state index in [1.54, 1.807) is 27.8 Å². The summed E-state index contributed by atoms with van der Waals surface area (Å²) >= 11 is 0. The quantitative estimate of drug-likeness (QED) is 0.827. The van der Waals surface area contributed by atoms with Crippen molar-refractivity contribution in [3.63, 3.8) is 0 Å². The molecule has 0 saturated carbocycles. The summed E-state index contributed by atoms with van der Waals surface area (Å²) in [4.78, 5) is 38.6. The topological polar surface area (TPSA) is 79.0 Å². The molecule has 1 atom stereocenters. The smallest absolute Gasteiger partial charge is 0.410 e. The van der Waals surface area contributed by atoms with Crippen molar-refractivity contribution in [2.24, 2.45) is 0 Å². The number of amides is 3. The first-order valence-corrected chi connectivity index (χ1v) is 7.11. The van der Waals surface area contributed by atoms with Crippen LogP contribution in [0, 0.1) is 0 Å². The fourth-order valence-electron chi connectivity index (χ4n) is 2.19. The Labute approximate surface area is 125 Å². The third-order valence-corrected chi connectivity index (χ3v) is 3.20. The summed E-state index contributed by atoms with van der Waals surface area (Å²) in [5.41, 5.74) is -0.596. The van der Waals surface area contributed by atoms with Gasteiger partial charge in [0, 0.05) is 20.6 Å². The van der Waals surface area contributed by atoms with E-state index in [1.165, 1.54) is 16.8 Å². The van der Waals surface area contributed by atoms with Crippen molar-refractivity contribution in [3.8, 4) is 0 Å². The Morgan fingerprint density at radius 2 is 1.95 bits per heavy atom. The summed E-state index contributed by atoms with van der Waals surface area (Å²) in [6, 6.07) is -0.547. The molecular formula is C14H25N3O4. The fraction of sp³-hybridized carbons (Fsp3) is 0.786. The minimum atomic E-state index is -0.596. The van der Waals surface area contributed by atoms with E-state index in [9.17, 15) is 14.4 Å². The maximum Gasteiger partial charge on any atom is 0.410 e. The van der Waals surface area contributed by atoms with Crippen molar-refractivity contribution in [2.75, 3.05) is 27.2 Å². The highest BCUT2D eigenvalue weighted by Crippen LogP contribution is 2.22. The molecule has 120 valence electrons. The Bertz CT molecular complexity index is 417. The SMILES string of the molecule is CNC(=O)CN(C)C(=O)C1CCCN1C(=O)OC(C)(C)C. The van der Waals surface area contributed by atoms with Crippen LogP contribution in [0.15, 0.2) is 0 Å². The molecule has 3 amide bonds. The largest absolute Gasteiger partial charge is 0.444 e. The highest BCUT2D eigenvalue weighted by molar-refractivity contribution is 5.89. The minimum Gasteiger partial charge on any atom is -0.444 e. The van der Waals surface area contributed by atoms with Crippen LogP contribution >= 0.6 is 0 Å².